The third kappa shape index (κ3) is 25.5. The Labute approximate surface area is 181 Å². The van der Waals surface area contributed by atoms with Gasteiger partial charge in [-0.25, -0.2) is 0 Å². The third-order valence-corrected chi connectivity index (χ3v) is 3.80. The van der Waals surface area contributed by atoms with Gasteiger partial charge >= 0.3 is 5.97 Å². The number of alkyl halides is 1. The number of esters is 1. The summed E-state index contributed by atoms with van der Waals surface area (Å²) in [6, 6.07) is 0. The van der Waals surface area contributed by atoms with Crippen LogP contribution in [-0.2, 0) is 33.2 Å². The van der Waals surface area contributed by atoms with E-state index in [9.17, 15) is 4.79 Å². The number of unbranched alkanes of at least 4 members (excludes halogenated alkanes) is 3. The summed E-state index contributed by atoms with van der Waals surface area (Å²) in [6.07, 6.45) is 4.75. The van der Waals surface area contributed by atoms with Crippen LogP contribution in [0.4, 0.5) is 0 Å². The molecule has 0 atom stereocenters. The Morgan fingerprint density at radius 1 is 0.621 bits per heavy atom. The van der Waals surface area contributed by atoms with E-state index in [-0.39, 0.29) is 12.4 Å². The summed E-state index contributed by atoms with van der Waals surface area (Å²) in [5.41, 5.74) is -0.455. The highest BCUT2D eigenvalue weighted by molar-refractivity contribution is 6.17. The van der Waals surface area contributed by atoms with Crippen LogP contribution in [0.1, 0.15) is 52.9 Å². The first-order chi connectivity index (χ1) is 14.0. The molecule has 0 bridgehead atoms. The average Bonchev–Trinajstić information content (AvgIpc) is 2.65. The smallest absolute Gasteiger partial charge is 0.308 e. The second-order valence-electron chi connectivity index (χ2n) is 7.50. The van der Waals surface area contributed by atoms with Crippen LogP contribution in [0.3, 0.4) is 0 Å². The van der Waals surface area contributed by atoms with E-state index >= 15 is 0 Å². The Hall–Kier alpha value is -0.440. The molecule has 0 radical (unpaired) electrons. The molecule has 0 spiro atoms. The number of ether oxygens (including phenoxy) is 6. The van der Waals surface area contributed by atoms with Crippen LogP contribution < -0.4 is 0 Å². The van der Waals surface area contributed by atoms with Crippen molar-refractivity contribution >= 4 is 17.6 Å². The van der Waals surface area contributed by atoms with Gasteiger partial charge in [0, 0.05) is 12.5 Å². The molecule has 0 fully saturated rings. The number of carbonyl (C=O) groups excluding carboxylic acids is 1. The fraction of sp³-hybridized carbons (Fsp3) is 0.952. The molecule has 0 aliphatic heterocycles. The van der Waals surface area contributed by atoms with Gasteiger partial charge in [-0.2, -0.15) is 0 Å². The van der Waals surface area contributed by atoms with Gasteiger partial charge in [0.25, 0.3) is 0 Å². The molecule has 0 saturated carbocycles. The van der Waals surface area contributed by atoms with Crippen LogP contribution in [0.5, 0.6) is 0 Å². The zero-order valence-corrected chi connectivity index (χ0v) is 19.3. The highest BCUT2D eigenvalue weighted by Crippen LogP contribution is 2.08. The van der Waals surface area contributed by atoms with Crippen molar-refractivity contribution in [3.8, 4) is 0 Å². The zero-order valence-electron chi connectivity index (χ0n) is 18.5. The van der Waals surface area contributed by atoms with Crippen molar-refractivity contribution < 1.29 is 33.2 Å². The van der Waals surface area contributed by atoms with Crippen LogP contribution in [0.25, 0.3) is 0 Å². The van der Waals surface area contributed by atoms with Crippen LogP contribution in [-0.4, -0.2) is 83.5 Å². The Morgan fingerprint density at radius 3 is 1.48 bits per heavy atom. The van der Waals surface area contributed by atoms with Crippen molar-refractivity contribution in [1.29, 1.82) is 0 Å². The second kappa shape index (κ2) is 20.8. The maximum absolute atomic E-state index is 11.5. The van der Waals surface area contributed by atoms with Gasteiger partial charge in [-0.05, 0) is 33.6 Å². The highest BCUT2D eigenvalue weighted by atomic mass is 35.5. The zero-order chi connectivity index (χ0) is 21.6. The van der Waals surface area contributed by atoms with E-state index < -0.39 is 5.60 Å². The predicted molar refractivity (Wildman–Crippen MR) is 114 cm³/mol. The average molecular weight is 441 g/mol. The van der Waals surface area contributed by atoms with Gasteiger partial charge in [0.05, 0.1) is 65.9 Å². The van der Waals surface area contributed by atoms with E-state index in [4.69, 9.17) is 40.0 Å². The van der Waals surface area contributed by atoms with E-state index in [2.05, 4.69) is 0 Å². The summed E-state index contributed by atoms with van der Waals surface area (Å²) in [5.74, 6) is 0.494. The highest BCUT2D eigenvalue weighted by Gasteiger charge is 2.15. The first kappa shape index (κ1) is 28.6. The van der Waals surface area contributed by atoms with E-state index in [1.165, 1.54) is 12.8 Å². The normalized spacial score (nSPS) is 11.7. The van der Waals surface area contributed by atoms with Crippen LogP contribution in [0.15, 0.2) is 0 Å². The van der Waals surface area contributed by atoms with Gasteiger partial charge in [-0.3, -0.25) is 4.79 Å². The molecule has 0 rings (SSSR count). The lowest BCUT2D eigenvalue weighted by molar-refractivity contribution is -0.156. The number of hydrogen-bond acceptors (Lipinski definition) is 7. The Morgan fingerprint density at radius 2 is 1.03 bits per heavy atom. The number of halogens is 1. The first-order valence-electron chi connectivity index (χ1n) is 10.6. The molecule has 0 aliphatic carbocycles. The molecular formula is C21H41ClO7. The van der Waals surface area contributed by atoms with Gasteiger partial charge in [0.15, 0.2) is 0 Å². The van der Waals surface area contributed by atoms with E-state index in [1.54, 1.807) is 0 Å². The van der Waals surface area contributed by atoms with Gasteiger partial charge in [0.1, 0.15) is 5.60 Å². The van der Waals surface area contributed by atoms with Gasteiger partial charge in [-0.15, -0.1) is 11.6 Å². The summed E-state index contributed by atoms with van der Waals surface area (Å²) in [6.45, 7) is 10.9. The molecule has 0 aromatic rings. The monoisotopic (exact) mass is 440 g/mol. The fourth-order valence-corrected chi connectivity index (χ4v) is 2.37. The molecule has 0 amide bonds. The Bertz CT molecular complexity index is 361. The molecule has 0 aromatic carbocycles. The number of carbonyl (C=O) groups is 1. The van der Waals surface area contributed by atoms with Gasteiger partial charge in [-0.1, -0.05) is 12.8 Å². The molecule has 0 aliphatic rings. The predicted octanol–water partition coefficient (Wildman–Crippen LogP) is 3.60. The fourth-order valence-electron chi connectivity index (χ4n) is 2.18. The minimum atomic E-state index is -0.455. The van der Waals surface area contributed by atoms with Crippen molar-refractivity contribution in [3.63, 3.8) is 0 Å². The lowest BCUT2D eigenvalue weighted by Gasteiger charge is -2.19. The first-order valence-corrected chi connectivity index (χ1v) is 11.2. The quantitative estimate of drug-likeness (QED) is 0.153. The summed E-state index contributed by atoms with van der Waals surface area (Å²) >= 11 is 5.62. The molecular weight excluding hydrogens is 400 g/mol. The van der Waals surface area contributed by atoms with Crippen molar-refractivity contribution in [1.82, 2.24) is 0 Å². The largest absolute Gasteiger partial charge is 0.460 e. The lowest BCUT2D eigenvalue weighted by atomic mass is 10.2. The molecule has 174 valence electrons. The summed E-state index contributed by atoms with van der Waals surface area (Å²) in [4.78, 5) is 11.5. The van der Waals surface area contributed by atoms with Crippen LogP contribution in [0, 0.1) is 0 Å². The van der Waals surface area contributed by atoms with E-state index in [1.807, 2.05) is 20.8 Å². The van der Waals surface area contributed by atoms with Crippen molar-refractivity contribution in [2.24, 2.45) is 0 Å². The van der Waals surface area contributed by atoms with Crippen LogP contribution in [0.2, 0.25) is 0 Å². The Balaban J connectivity index is 3.11. The van der Waals surface area contributed by atoms with E-state index in [0.29, 0.717) is 59.5 Å². The summed E-state index contributed by atoms with van der Waals surface area (Å²) < 4.78 is 32.3. The maximum atomic E-state index is 11.5. The SMILES string of the molecule is CC(C)(C)OC(=O)CCOCCOCCOCCOCCOCCCCCCCl. The van der Waals surface area contributed by atoms with Crippen molar-refractivity contribution in [2.75, 3.05) is 71.9 Å². The van der Waals surface area contributed by atoms with Gasteiger partial charge < -0.3 is 28.4 Å². The molecule has 0 N–H and O–H groups in total. The van der Waals surface area contributed by atoms with Gasteiger partial charge in [0.2, 0.25) is 0 Å². The second-order valence-corrected chi connectivity index (χ2v) is 7.88. The minimum Gasteiger partial charge on any atom is -0.460 e. The molecule has 8 heteroatoms. The summed E-state index contributed by atoms with van der Waals surface area (Å²) in [5, 5.41) is 0. The number of hydrogen-bond donors (Lipinski definition) is 0. The molecule has 0 saturated heterocycles. The molecule has 0 aromatic heterocycles. The molecule has 7 nitrogen and oxygen atoms in total. The molecule has 0 unspecified atom stereocenters. The molecule has 0 heterocycles. The summed E-state index contributed by atoms with van der Waals surface area (Å²) in [7, 11) is 0. The standard InChI is InChI=1S/C21H41ClO7/c1-21(2,3)29-20(23)8-11-25-13-15-27-17-19-28-18-16-26-14-12-24-10-7-5-4-6-9-22/h4-19H2,1-3H3. The lowest BCUT2D eigenvalue weighted by Crippen LogP contribution is -2.24. The molecule has 29 heavy (non-hydrogen) atoms. The number of rotatable bonds is 21. The van der Waals surface area contributed by atoms with Crippen LogP contribution >= 0.6 is 11.6 Å². The topological polar surface area (TPSA) is 72.5 Å². The maximum Gasteiger partial charge on any atom is 0.308 e. The third-order valence-electron chi connectivity index (χ3n) is 3.53. The van der Waals surface area contributed by atoms with E-state index in [0.717, 1.165) is 25.3 Å². The Kier molecular flexibility index (Phi) is 20.5. The minimum absolute atomic E-state index is 0.250. The van der Waals surface area contributed by atoms with Crippen molar-refractivity contribution in [3.05, 3.63) is 0 Å². The van der Waals surface area contributed by atoms with Crippen molar-refractivity contribution in [2.45, 2.75) is 58.5 Å².